The van der Waals surface area contributed by atoms with Crippen molar-refractivity contribution in [1.82, 2.24) is 0 Å². The molecule has 0 atom stereocenters. The summed E-state index contributed by atoms with van der Waals surface area (Å²) >= 11 is 0. The van der Waals surface area contributed by atoms with E-state index in [0.29, 0.717) is 19.0 Å². The van der Waals surface area contributed by atoms with Gasteiger partial charge in [0, 0.05) is 24.3 Å². The zero-order chi connectivity index (χ0) is 15.5. The first-order valence-corrected chi connectivity index (χ1v) is 7.15. The van der Waals surface area contributed by atoms with E-state index in [1.54, 1.807) is 31.4 Å². The van der Waals surface area contributed by atoms with Crippen molar-refractivity contribution in [3.8, 4) is 17.2 Å². The summed E-state index contributed by atoms with van der Waals surface area (Å²) in [6.07, 6.45) is 0.758. The van der Waals surface area contributed by atoms with Crippen molar-refractivity contribution in [2.45, 2.75) is 6.42 Å². The maximum atomic E-state index is 9.62. The van der Waals surface area contributed by atoms with E-state index in [1.165, 1.54) is 0 Å². The molecule has 2 aromatic rings. The van der Waals surface area contributed by atoms with Crippen molar-refractivity contribution in [3.05, 3.63) is 53.6 Å². The van der Waals surface area contributed by atoms with E-state index in [4.69, 9.17) is 9.47 Å². The Labute approximate surface area is 129 Å². The highest BCUT2D eigenvalue weighted by Gasteiger charge is 2.21. The zero-order valence-corrected chi connectivity index (χ0v) is 12.4. The molecule has 0 saturated heterocycles. The molecule has 0 spiro atoms. The molecule has 114 valence electrons. The second-order valence-corrected chi connectivity index (χ2v) is 5.22. The minimum atomic E-state index is 0.193. The standard InChI is InChI=1S/C18H18O4/c1-21-9-8-15-16-7-6-14(20)10-18(16)22-11-17(15)12-2-4-13(19)5-3-12/h2-7,10,19-20H,8-9,11H2,1H3. The number of rotatable bonds is 4. The van der Waals surface area contributed by atoms with Crippen LogP contribution in [0.15, 0.2) is 42.5 Å². The van der Waals surface area contributed by atoms with E-state index < -0.39 is 0 Å². The van der Waals surface area contributed by atoms with Gasteiger partial charge in [-0.15, -0.1) is 0 Å². The molecule has 4 heteroatoms. The quantitative estimate of drug-likeness (QED) is 0.908. The van der Waals surface area contributed by atoms with Crippen LogP contribution in [-0.2, 0) is 4.74 Å². The normalized spacial score (nSPS) is 13.7. The zero-order valence-electron chi connectivity index (χ0n) is 12.4. The largest absolute Gasteiger partial charge is 0.508 e. The molecular formula is C18H18O4. The Morgan fingerprint density at radius 1 is 1.05 bits per heavy atom. The number of hydrogen-bond donors (Lipinski definition) is 2. The summed E-state index contributed by atoms with van der Waals surface area (Å²) in [5.74, 6) is 1.12. The molecule has 2 N–H and O–H groups in total. The summed E-state index contributed by atoms with van der Waals surface area (Å²) in [6.45, 7) is 1.04. The Morgan fingerprint density at radius 3 is 2.50 bits per heavy atom. The van der Waals surface area contributed by atoms with Gasteiger partial charge in [0.05, 0.1) is 6.61 Å². The molecule has 2 aromatic carbocycles. The number of benzene rings is 2. The molecule has 1 aliphatic heterocycles. The number of aromatic hydroxyl groups is 2. The second kappa shape index (κ2) is 6.12. The third kappa shape index (κ3) is 2.78. The van der Waals surface area contributed by atoms with Crippen LogP contribution in [0.25, 0.3) is 11.1 Å². The highest BCUT2D eigenvalue weighted by Crippen LogP contribution is 2.40. The number of methoxy groups -OCH3 is 1. The first kappa shape index (κ1) is 14.5. The Kier molecular flexibility index (Phi) is 4.02. The molecule has 0 aromatic heterocycles. The molecule has 0 unspecified atom stereocenters. The van der Waals surface area contributed by atoms with E-state index in [9.17, 15) is 10.2 Å². The lowest BCUT2D eigenvalue weighted by atomic mass is 9.90. The van der Waals surface area contributed by atoms with E-state index in [1.807, 2.05) is 18.2 Å². The molecule has 0 bridgehead atoms. The number of phenolic OH excluding ortho intramolecular Hbond substituents is 2. The number of fused-ring (bicyclic) bond motifs is 1. The lowest BCUT2D eigenvalue weighted by Crippen LogP contribution is -2.12. The van der Waals surface area contributed by atoms with Gasteiger partial charge < -0.3 is 19.7 Å². The monoisotopic (exact) mass is 298 g/mol. The van der Waals surface area contributed by atoms with Crippen LogP contribution in [0.5, 0.6) is 17.2 Å². The molecule has 0 aliphatic carbocycles. The molecular weight excluding hydrogens is 280 g/mol. The van der Waals surface area contributed by atoms with E-state index >= 15 is 0 Å². The van der Waals surface area contributed by atoms with Gasteiger partial charge in [0.15, 0.2) is 0 Å². The molecule has 22 heavy (non-hydrogen) atoms. The van der Waals surface area contributed by atoms with Gasteiger partial charge in [-0.1, -0.05) is 12.1 Å². The minimum absolute atomic E-state index is 0.193. The first-order chi connectivity index (χ1) is 10.7. The minimum Gasteiger partial charge on any atom is -0.508 e. The van der Waals surface area contributed by atoms with Crippen LogP contribution in [0.2, 0.25) is 0 Å². The second-order valence-electron chi connectivity index (χ2n) is 5.22. The average molecular weight is 298 g/mol. The molecule has 0 fully saturated rings. The number of phenols is 2. The van der Waals surface area contributed by atoms with Gasteiger partial charge >= 0.3 is 0 Å². The van der Waals surface area contributed by atoms with Crippen molar-refractivity contribution in [1.29, 1.82) is 0 Å². The van der Waals surface area contributed by atoms with Gasteiger partial charge in [-0.05, 0) is 41.8 Å². The van der Waals surface area contributed by atoms with Gasteiger partial charge in [-0.3, -0.25) is 0 Å². The summed E-state index contributed by atoms with van der Waals surface area (Å²) in [5.41, 5.74) is 4.22. The van der Waals surface area contributed by atoms with Crippen molar-refractivity contribution >= 4 is 11.1 Å². The highest BCUT2D eigenvalue weighted by atomic mass is 16.5. The lowest BCUT2D eigenvalue weighted by Gasteiger charge is -2.24. The summed E-state index contributed by atoms with van der Waals surface area (Å²) in [4.78, 5) is 0. The fourth-order valence-electron chi connectivity index (χ4n) is 2.69. The fourth-order valence-corrected chi connectivity index (χ4v) is 2.69. The average Bonchev–Trinajstić information content (AvgIpc) is 2.53. The third-order valence-corrected chi connectivity index (χ3v) is 3.80. The predicted octanol–water partition coefficient (Wildman–Crippen LogP) is 3.44. The van der Waals surface area contributed by atoms with Crippen LogP contribution in [0.4, 0.5) is 0 Å². The Morgan fingerprint density at radius 2 is 1.77 bits per heavy atom. The highest BCUT2D eigenvalue weighted by molar-refractivity contribution is 5.94. The van der Waals surface area contributed by atoms with Gasteiger partial charge in [-0.2, -0.15) is 0 Å². The predicted molar refractivity (Wildman–Crippen MR) is 85.0 cm³/mol. The van der Waals surface area contributed by atoms with Crippen LogP contribution in [0.3, 0.4) is 0 Å². The smallest absolute Gasteiger partial charge is 0.131 e. The first-order valence-electron chi connectivity index (χ1n) is 7.15. The lowest BCUT2D eigenvalue weighted by molar-refractivity contribution is 0.205. The SMILES string of the molecule is COCCC1=C(c2ccc(O)cc2)COc2cc(O)ccc21. The summed E-state index contributed by atoms with van der Waals surface area (Å²) in [5, 5.41) is 19.1. The third-order valence-electron chi connectivity index (χ3n) is 3.80. The van der Waals surface area contributed by atoms with E-state index in [-0.39, 0.29) is 11.5 Å². The molecule has 0 radical (unpaired) electrons. The van der Waals surface area contributed by atoms with Crippen molar-refractivity contribution in [2.75, 3.05) is 20.3 Å². The van der Waals surface area contributed by atoms with Crippen molar-refractivity contribution in [3.63, 3.8) is 0 Å². The molecule has 0 saturated carbocycles. The number of hydrogen-bond acceptors (Lipinski definition) is 4. The topological polar surface area (TPSA) is 58.9 Å². The van der Waals surface area contributed by atoms with E-state index in [0.717, 1.165) is 28.7 Å². The van der Waals surface area contributed by atoms with Crippen LogP contribution in [0.1, 0.15) is 17.5 Å². The van der Waals surface area contributed by atoms with Crippen molar-refractivity contribution < 1.29 is 19.7 Å². The van der Waals surface area contributed by atoms with Gasteiger partial charge in [0.25, 0.3) is 0 Å². The van der Waals surface area contributed by atoms with E-state index in [2.05, 4.69) is 0 Å². The molecule has 1 aliphatic rings. The van der Waals surface area contributed by atoms with Crippen LogP contribution in [0, 0.1) is 0 Å². The van der Waals surface area contributed by atoms with Crippen LogP contribution >= 0.6 is 0 Å². The Bertz CT molecular complexity index is 702. The van der Waals surface area contributed by atoms with Crippen molar-refractivity contribution in [2.24, 2.45) is 0 Å². The van der Waals surface area contributed by atoms with Crippen LogP contribution < -0.4 is 4.74 Å². The Hall–Kier alpha value is -2.46. The summed E-state index contributed by atoms with van der Waals surface area (Å²) in [6, 6.07) is 12.3. The van der Waals surface area contributed by atoms with Gasteiger partial charge in [0.1, 0.15) is 23.9 Å². The van der Waals surface area contributed by atoms with Gasteiger partial charge in [-0.25, -0.2) is 0 Å². The molecule has 3 rings (SSSR count). The van der Waals surface area contributed by atoms with Crippen LogP contribution in [-0.4, -0.2) is 30.5 Å². The molecule has 4 nitrogen and oxygen atoms in total. The molecule has 0 amide bonds. The Balaban J connectivity index is 2.10. The fraction of sp³-hybridized carbons (Fsp3) is 0.222. The summed E-state index contributed by atoms with van der Waals surface area (Å²) < 4.78 is 11.0. The number of ether oxygens (including phenoxy) is 2. The maximum absolute atomic E-state index is 9.62. The maximum Gasteiger partial charge on any atom is 0.131 e. The summed E-state index contributed by atoms with van der Waals surface area (Å²) in [7, 11) is 1.68. The van der Waals surface area contributed by atoms with Gasteiger partial charge in [0.2, 0.25) is 0 Å². The molecule has 1 heterocycles.